The maximum absolute atomic E-state index is 12.0. The number of aromatic nitrogens is 1. The molecule has 0 saturated heterocycles. The molecular weight excluding hydrogens is 302 g/mol. The van der Waals surface area contributed by atoms with Crippen LogP contribution in [-0.4, -0.2) is 10.8 Å². The number of hydrogen-bond donors (Lipinski definition) is 0. The van der Waals surface area contributed by atoms with E-state index in [9.17, 15) is 4.79 Å². The Labute approximate surface area is 113 Å². The molecule has 2 aromatic rings. The molecular formula is C13H9BrClNO. The topological polar surface area (TPSA) is 30.0 Å². The van der Waals surface area contributed by atoms with Crippen molar-refractivity contribution < 1.29 is 4.79 Å². The number of carbonyl (C=O) groups excluding carboxylic acids is 1. The summed E-state index contributed by atoms with van der Waals surface area (Å²) in [6, 6.07) is 10.7. The SMILES string of the molecule is O=C(Cc1ccccn1)c1ccc(Br)cc1Cl. The van der Waals surface area contributed by atoms with Crippen molar-refractivity contribution in [2.24, 2.45) is 0 Å². The van der Waals surface area contributed by atoms with E-state index in [1.165, 1.54) is 0 Å². The van der Waals surface area contributed by atoms with Gasteiger partial charge in [-0.25, -0.2) is 0 Å². The number of carbonyl (C=O) groups is 1. The largest absolute Gasteiger partial charge is 0.294 e. The molecule has 1 heterocycles. The molecule has 17 heavy (non-hydrogen) atoms. The van der Waals surface area contributed by atoms with Crippen LogP contribution in [0.2, 0.25) is 5.02 Å². The second-order valence-corrected chi connectivity index (χ2v) is 4.87. The van der Waals surface area contributed by atoms with Gasteiger partial charge in [0.05, 0.1) is 11.4 Å². The first-order chi connectivity index (χ1) is 8.16. The van der Waals surface area contributed by atoms with Crippen molar-refractivity contribution in [3.63, 3.8) is 0 Å². The minimum atomic E-state index is -0.0267. The molecule has 0 bridgehead atoms. The van der Waals surface area contributed by atoms with Crippen LogP contribution < -0.4 is 0 Å². The molecule has 0 aliphatic rings. The molecule has 0 N–H and O–H groups in total. The van der Waals surface area contributed by atoms with Crippen molar-refractivity contribution >= 4 is 33.3 Å². The number of ketones is 1. The maximum Gasteiger partial charge on any atom is 0.170 e. The molecule has 0 aliphatic heterocycles. The lowest BCUT2D eigenvalue weighted by atomic mass is 10.1. The zero-order valence-electron chi connectivity index (χ0n) is 8.86. The van der Waals surface area contributed by atoms with Crippen LogP contribution in [0, 0.1) is 0 Å². The highest BCUT2D eigenvalue weighted by Gasteiger charge is 2.11. The molecule has 2 nitrogen and oxygen atoms in total. The normalized spacial score (nSPS) is 10.2. The summed E-state index contributed by atoms with van der Waals surface area (Å²) in [5.41, 5.74) is 1.28. The molecule has 86 valence electrons. The first-order valence-electron chi connectivity index (χ1n) is 5.05. The van der Waals surface area contributed by atoms with Gasteiger partial charge < -0.3 is 0 Å². The average Bonchev–Trinajstić information content (AvgIpc) is 2.30. The highest BCUT2D eigenvalue weighted by Crippen LogP contribution is 2.22. The highest BCUT2D eigenvalue weighted by atomic mass is 79.9. The third kappa shape index (κ3) is 3.14. The second kappa shape index (κ2) is 5.43. The lowest BCUT2D eigenvalue weighted by molar-refractivity contribution is 0.0992. The average molecular weight is 311 g/mol. The fraction of sp³-hybridized carbons (Fsp3) is 0.0769. The molecule has 4 heteroatoms. The number of halogens is 2. The molecule has 0 spiro atoms. The molecule has 1 aromatic heterocycles. The summed E-state index contributed by atoms with van der Waals surface area (Å²) in [5, 5.41) is 0.459. The third-order valence-corrected chi connectivity index (χ3v) is 3.11. The van der Waals surface area contributed by atoms with Crippen LogP contribution in [0.5, 0.6) is 0 Å². The molecule has 0 radical (unpaired) electrons. The Hall–Kier alpha value is -1.19. The van der Waals surface area contributed by atoms with E-state index >= 15 is 0 Å². The minimum Gasteiger partial charge on any atom is -0.294 e. The Balaban J connectivity index is 2.21. The van der Waals surface area contributed by atoms with Gasteiger partial charge in [-0.1, -0.05) is 33.6 Å². The van der Waals surface area contributed by atoms with Gasteiger partial charge in [0.25, 0.3) is 0 Å². The van der Waals surface area contributed by atoms with E-state index in [4.69, 9.17) is 11.6 Å². The number of Topliss-reactive ketones (excluding diaryl/α,β-unsaturated/α-hetero) is 1. The predicted molar refractivity (Wildman–Crippen MR) is 71.4 cm³/mol. The lowest BCUT2D eigenvalue weighted by Gasteiger charge is -2.03. The zero-order chi connectivity index (χ0) is 12.3. The van der Waals surface area contributed by atoms with Crippen molar-refractivity contribution in [1.29, 1.82) is 0 Å². The summed E-state index contributed by atoms with van der Waals surface area (Å²) >= 11 is 9.32. The maximum atomic E-state index is 12.0. The Morgan fingerprint density at radius 3 is 2.76 bits per heavy atom. The first kappa shape index (κ1) is 12.3. The summed E-state index contributed by atoms with van der Waals surface area (Å²) in [4.78, 5) is 16.1. The van der Waals surface area contributed by atoms with Crippen LogP contribution >= 0.6 is 27.5 Å². The Kier molecular flexibility index (Phi) is 3.92. The van der Waals surface area contributed by atoms with E-state index < -0.39 is 0 Å². The fourth-order valence-electron chi connectivity index (χ4n) is 1.48. The van der Waals surface area contributed by atoms with Gasteiger partial charge in [-0.2, -0.15) is 0 Å². The Morgan fingerprint density at radius 2 is 2.12 bits per heavy atom. The molecule has 0 saturated carbocycles. The van der Waals surface area contributed by atoms with Gasteiger partial charge in [0.1, 0.15) is 0 Å². The zero-order valence-corrected chi connectivity index (χ0v) is 11.2. The lowest BCUT2D eigenvalue weighted by Crippen LogP contribution is -2.05. The third-order valence-electron chi connectivity index (χ3n) is 2.30. The second-order valence-electron chi connectivity index (χ2n) is 3.55. The molecule has 1 aromatic carbocycles. The van der Waals surface area contributed by atoms with Crippen LogP contribution in [0.25, 0.3) is 0 Å². The van der Waals surface area contributed by atoms with Crippen molar-refractivity contribution in [3.8, 4) is 0 Å². The number of hydrogen-bond acceptors (Lipinski definition) is 2. The molecule has 0 fully saturated rings. The van der Waals surface area contributed by atoms with Gasteiger partial charge in [-0.3, -0.25) is 9.78 Å². The van der Waals surface area contributed by atoms with E-state index in [0.29, 0.717) is 10.6 Å². The van der Waals surface area contributed by atoms with Gasteiger partial charge in [-0.05, 0) is 30.3 Å². The Morgan fingerprint density at radius 1 is 1.29 bits per heavy atom. The fourth-order valence-corrected chi connectivity index (χ4v) is 2.26. The van der Waals surface area contributed by atoms with Crippen LogP contribution in [0.1, 0.15) is 16.1 Å². The van der Waals surface area contributed by atoms with Crippen LogP contribution in [0.15, 0.2) is 47.1 Å². The van der Waals surface area contributed by atoms with Gasteiger partial charge in [0, 0.05) is 21.9 Å². The van der Waals surface area contributed by atoms with Gasteiger partial charge in [0.2, 0.25) is 0 Å². The first-order valence-corrected chi connectivity index (χ1v) is 6.22. The van der Waals surface area contributed by atoms with Gasteiger partial charge in [-0.15, -0.1) is 0 Å². The summed E-state index contributed by atoms with van der Waals surface area (Å²) in [6.07, 6.45) is 1.94. The highest BCUT2D eigenvalue weighted by molar-refractivity contribution is 9.10. The summed E-state index contributed by atoms with van der Waals surface area (Å²) in [6.45, 7) is 0. The van der Waals surface area contributed by atoms with Crippen molar-refractivity contribution in [2.75, 3.05) is 0 Å². The monoisotopic (exact) mass is 309 g/mol. The van der Waals surface area contributed by atoms with E-state index in [2.05, 4.69) is 20.9 Å². The van der Waals surface area contributed by atoms with Crippen LogP contribution in [0.4, 0.5) is 0 Å². The van der Waals surface area contributed by atoms with Gasteiger partial charge >= 0.3 is 0 Å². The standard InChI is InChI=1S/C13H9BrClNO/c14-9-4-5-11(12(15)7-9)13(17)8-10-3-1-2-6-16-10/h1-7H,8H2. The van der Waals surface area contributed by atoms with Crippen molar-refractivity contribution in [3.05, 3.63) is 63.3 Å². The predicted octanol–water partition coefficient (Wildman–Crippen LogP) is 3.92. The van der Waals surface area contributed by atoms with Crippen molar-refractivity contribution in [2.45, 2.75) is 6.42 Å². The summed E-state index contributed by atoms with van der Waals surface area (Å²) in [7, 11) is 0. The van der Waals surface area contributed by atoms with Crippen LogP contribution in [0.3, 0.4) is 0 Å². The molecule has 0 aliphatic carbocycles. The van der Waals surface area contributed by atoms with Gasteiger partial charge in [0.15, 0.2) is 5.78 Å². The smallest absolute Gasteiger partial charge is 0.170 e. The molecule has 0 atom stereocenters. The summed E-state index contributed by atoms with van der Waals surface area (Å²) in [5.74, 6) is -0.0267. The van der Waals surface area contributed by atoms with Crippen molar-refractivity contribution in [1.82, 2.24) is 4.98 Å². The minimum absolute atomic E-state index is 0.0267. The van der Waals surface area contributed by atoms with E-state index in [0.717, 1.165) is 10.2 Å². The molecule has 0 unspecified atom stereocenters. The number of pyridine rings is 1. The van der Waals surface area contributed by atoms with E-state index in [1.807, 2.05) is 18.2 Å². The quantitative estimate of drug-likeness (QED) is 0.804. The molecule has 2 rings (SSSR count). The number of rotatable bonds is 3. The van der Waals surface area contributed by atoms with E-state index in [1.54, 1.807) is 24.4 Å². The van der Waals surface area contributed by atoms with Crippen LogP contribution in [-0.2, 0) is 6.42 Å². The number of nitrogens with zero attached hydrogens (tertiary/aromatic N) is 1. The van der Waals surface area contributed by atoms with E-state index in [-0.39, 0.29) is 12.2 Å². The number of benzene rings is 1. The Bertz CT molecular complexity index is 542. The summed E-state index contributed by atoms with van der Waals surface area (Å²) < 4.78 is 0.858. The molecule has 0 amide bonds.